The summed E-state index contributed by atoms with van der Waals surface area (Å²) < 4.78 is 22.4. The van der Waals surface area contributed by atoms with Gasteiger partial charge in [0.05, 0.1) is 12.2 Å². The predicted octanol–water partition coefficient (Wildman–Crippen LogP) is -0.511. The van der Waals surface area contributed by atoms with E-state index in [-0.39, 0.29) is 23.0 Å². The Balaban J connectivity index is 2.92. The van der Waals surface area contributed by atoms with Crippen LogP contribution in [0.5, 0.6) is 0 Å². The molecule has 0 aromatic heterocycles. The molecule has 1 rings (SSSR count). The highest BCUT2D eigenvalue weighted by molar-refractivity contribution is 7.89. The van der Waals surface area contributed by atoms with Crippen molar-refractivity contribution in [2.45, 2.75) is 11.8 Å². The van der Waals surface area contributed by atoms with E-state index in [0.717, 1.165) is 0 Å². The zero-order chi connectivity index (χ0) is 14.6. The van der Waals surface area contributed by atoms with Crippen LogP contribution >= 0.6 is 0 Å². The summed E-state index contributed by atoms with van der Waals surface area (Å²) in [5.74, 6) is -0.126. The fourth-order valence-electron chi connectivity index (χ4n) is 1.59. The molecule has 0 heterocycles. The largest absolute Gasteiger partial charge is 0.398 e. The summed E-state index contributed by atoms with van der Waals surface area (Å²) >= 11 is 0. The van der Waals surface area contributed by atoms with E-state index in [0.29, 0.717) is 12.2 Å². The quantitative estimate of drug-likeness (QED) is 0.630. The fraction of sp³-hybridized carbons (Fsp3) is 0.364. The van der Waals surface area contributed by atoms with Gasteiger partial charge >= 0.3 is 0 Å². The standard InChI is InChI=1S/C11H18N4O3S/c1-3-14-11(16)7-15(2)8-4-5-10(9(12)6-8)19(13,17)18/h4-6H,3,7,12H2,1-2H3,(H,14,16)(H2,13,17,18). The van der Waals surface area contributed by atoms with E-state index in [1.165, 1.54) is 12.1 Å². The molecule has 0 atom stereocenters. The molecule has 1 aromatic carbocycles. The molecule has 7 nitrogen and oxygen atoms in total. The Morgan fingerprint density at radius 3 is 2.53 bits per heavy atom. The number of primary sulfonamides is 1. The van der Waals surface area contributed by atoms with Crippen LogP contribution in [0.1, 0.15) is 6.92 Å². The van der Waals surface area contributed by atoms with Gasteiger partial charge in [0, 0.05) is 19.3 Å². The van der Waals surface area contributed by atoms with Gasteiger partial charge in [-0.2, -0.15) is 0 Å². The van der Waals surface area contributed by atoms with Crippen molar-refractivity contribution < 1.29 is 13.2 Å². The van der Waals surface area contributed by atoms with Crippen molar-refractivity contribution in [3.8, 4) is 0 Å². The highest BCUT2D eigenvalue weighted by atomic mass is 32.2. The number of rotatable bonds is 5. The average molecular weight is 286 g/mol. The summed E-state index contributed by atoms with van der Waals surface area (Å²) in [6.45, 7) is 2.54. The van der Waals surface area contributed by atoms with E-state index in [1.54, 1.807) is 18.0 Å². The van der Waals surface area contributed by atoms with Gasteiger partial charge in [0.15, 0.2) is 0 Å². The lowest BCUT2D eigenvalue weighted by molar-refractivity contribution is -0.119. The van der Waals surface area contributed by atoms with Gasteiger partial charge in [0.1, 0.15) is 4.90 Å². The number of hydrogen-bond acceptors (Lipinski definition) is 5. The number of carbonyl (C=O) groups is 1. The summed E-state index contributed by atoms with van der Waals surface area (Å²) in [5.41, 5.74) is 6.34. The van der Waals surface area contributed by atoms with E-state index >= 15 is 0 Å². The van der Waals surface area contributed by atoms with Crippen molar-refractivity contribution in [3.05, 3.63) is 18.2 Å². The normalized spacial score (nSPS) is 11.1. The Labute approximate surface area is 112 Å². The number of benzene rings is 1. The van der Waals surface area contributed by atoms with E-state index in [2.05, 4.69) is 5.32 Å². The molecule has 0 bridgehead atoms. The second-order valence-corrected chi connectivity index (χ2v) is 5.61. The number of hydrogen-bond donors (Lipinski definition) is 3. The number of sulfonamides is 1. The van der Waals surface area contributed by atoms with Crippen LogP contribution in [0.3, 0.4) is 0 Å². The SMILES string of the molecule is CCNC(=O)CN(C)c1ccc(S(N)(=O)=O)c(N)c1. The van der Waals surface area contributed by atoms with E-state index in [9.17, 15) is 13.2 Å². The van der Waals surface area contributed by atoms with Crippen molar-refractivity contribution in [3.63, 3.8) is 0 Å². The highest BCUT2D eigenvalue weighted by Gasteiger charge is 2.14. The van der Waals surface area contributed by atoms with Crippen molar-refractivity contribution in [2.75, 3.05) is 30.8 Å². The van der Waals surface area contributed by atoms with Crippen LogP contribution in [0.25, 0.3) is 0 Å². The first kappa shape index (κ1) is 15.3. The Hall–Kier alpha value is -1.80. The predicted molar refractivity (Wildman–Crippen MR) is 74.2 cm³/mol. The molecule has 1 aromatic rings. The molecular formula is C11H18N4O3S. The second kappa shape index (κ2) is 5.89. The van der Waals surface area contributed by atoms with Crippen LogP contribution in [0.2, 0.25) is 0 Å². The molecule has 0 unspecified atom stereocenters. The first-order valence-corrected chi connectivity index (χ1v) is 7.20. The molecular weight excluding hydrogens is 268 g/mol. The van der Waals surface area contributed by atoms with Gasteiger partial charge in [-0.05, 0) is 25.1 Å². The Morgan fingerprint density at radius 1 is 1.42 bits per heavy atom. The van der Waals surface area contributed by atoms with Crippen molar-refractivity contribution in [1.29, 1.82) is 0 Å². The summed E-state index contributed by atoms with van der Waals surface area (Å²) in [4.78, 5) is 13.0. The molecule has 5 N–H and O–H groups in total. The third kappa shape index (κ3) is 4.11. The zero-order valence-electron chi connectivity index (χ0n) is 10.9. The van der Waals surface area contributed by atoms with Gasteiger partial charge in [-0.25, -0.2) is 13.6 Å². The van der Waals surface area contributed by atoms with Crippen LogP contribution in [-0.4, -0.2) is 34.5 Å². The van der Waals surface area contributed by atoms with Crippen LogP contribution in [0.15, 0.2) is 23.1 Å². The third-order valence-electron chi connectivity index (χ3n) is 2.50. The lowest BCUT2D eigenvalue weighted by Crippen LogP contribution is -2.35. The molecule has 0 radical (unpaired) electrons. The number of nitrogens with one attached hydrogen (secondary N) is 1. The molecule has 0 aliphatic heterocycles. The maximum atomic E-state index is 11.4. The smallest absolute Gasteiger partial charge is 0.240 e. The number of nitrogen functional groups attached to an aromatic ring is 1. The Morgan fingerprint density at radius 2 is 2.05 bits per heavy atom. The summed E-state index contributed by atoms with van der Waals surface area (Å²) in [6.07, 6.45) is 0. The molecule has 0 aliphatic carbocycles. The topological polar surface area (TPSA) is 119 Å². The zero-order valence-corrected chi connectivity index (χ0v) is 11.7. The van der Waals surface area contributed by atoms with Crippen LogP contribution in [-0.2, 0) is 14.8 Å². The number of nitrogens with zero attached hydrogens (tertiary/aromatic N) is 1. The summed E-state index contributed by atoms with van der Waals surface area (Å²) in [5, 5.41) is 7.69. The van der Waals surface area contributed by atoms with Crippen LogP contribution < -0.4 is 21.1 Å². The van der Waals surface area contributed by atoms with Gasteiger partial charge in [0.2, 0.25) is 15.9 Å². The molecule has 0 saturated carbocycles. The molecule has 0 fully saturated rings. The first-order chi connectivity index (χ1) is 8.75. The van der Waals surface area contributed by atoms with Crippen LogP contribution in [0, 0.1) is 0 Å². The van der Waals surface area contributed by atoms with Gasteiger partial charge in [0.25, 0.3) is 0 Å². The van der Waals surface area contributed by atoms with Gasteiger partial charge in [-0.15, -0.1) is 0 Å². The van der Waals surface area contributed by atoms with Crippen LogP contribution in [0.4, 0.5) is 11.4 Å². The monoisotopic (exact) mass is 286 g/mol. The van der Waals surface area contributed by atoms with E-state index < -0.39 is 10.0 Å². The second-order valence-electron chi connectivity index (χ2n) is 4.08. The van der Waals surface area contributed by atoms with E-state index in [4.69, 9.17) is 10.9 Å². The highest BCUT2D eigenvalue weighted by Crippen LogP contribution is 2.23. The number of carbonyl (C=O) groups excluding carboxylic acids is 1. The minimum absolute atomic E-state index is 0.0581. The lowest BCUT2D eigenvalue weighted by atomic mass is 10.2. The van der Waals surface area contributed by atoms with Gasteiger partial charge < -0.3 is 16.0 Å². The third-order valence-corrected chi connectivity index (χ3v) is 3.48. The summed E-state index contributed by atoms with van der Waals surface area (Å²) in [6, 6.07) is 4.35. The van der Waals surface area contributed by atoms with Gasteiger partial charge in [-0.1, -0.05) is 0 Å². The molecule has 8 heteroatoms. The first-order valence-electron chi connectivity index (χ1n) is 5.66. The Bertz CT molecular complexity index is 571. The molecule has 0 aliphatic rings. The minimum atomic E-state index is -3.83. The molecule has 1 amide bonds. The maximum Gasteiger partial charge on any atom is 0.240 e. The number of nitrogens with two attached hydrogens (primary N) is 2. The van der Waals surface area contributed by atoms with Crippen molar-refractivity contribution in [1.82, 2.24) is 5.32 Å². The minimum Gasteiger partial charge on any atom is -0.398 e. The number of likely N-dealkylation sites (N-methyl/N-ethyl adjacent to an activating group) is 2. The number of amides is 1. The molecule has 0 spiro atoms. The fourth-order valence-corrected chi connectivity index (χ4v) is 2.24. The molecule has 0 saturated heterocycles. The van der Waals surface area contributed by atoms with Gasteiger partial charge in [-0.3, -0.25) is 4.79 Å². The number of anilines is 2. The van der Waals surface area contributed by atoms with E-state index in [1.807, 2.05) is 6.92 Å². The lowest BCUT2D eigenvalue weighted by Gasteiger charge is -2.19. The molecule has 106 valence electrons. The average Bonchev–Trinajstić information content (AvgIpc) is 2.27. The maximum absolute atomic E-state index is 11.4. The Kier molecular flexibility index (Phi) is 4.73. The van der Waals surface area contributed by atoms with Crippen molar-refractivity contribution in [2.24, 2.45) is 5.14 Å². The molecule has 19 heavy (non-hydrogen) atoms. The summed E-state index contributed by atoms with van der Waals surface area (Å²) in [7, 11) is -2.12. The van der Waals surface area contributed by atoms with Crippen molar-refractivity contribution >= 4 is 27.3 Å².